The Labute approximate surface area is 42.2 Å². The minimum absolute atomic E-state index is 1.44. The Hall–Kier alpha value is -0.440. The molecule has 34 valence electrons. The van der Waals surface area contributed by atoms with E-state index in [1.165, 1.54) is 11.6 Å². The van der Waals surface area contributed by atoms with E-state index in [9.17, 15) is 0 Å². The smallest absolute Gasteiger partial charge is 0.0575 e. The second kappa shape index (κ2) is 4.56. The lowest BCUT2D eigenvalue weighted by molar-refractivity contribution is 0.910. The highest BCUT2D eigenvalue weighted by molar-refractivity contribution is 7.80. The predicted molar refractivity (Wildman–Crippen MR) is 31.2 cm³/mol. The first kappa shape index (κ1) is 5.56. The second-order valence-corrected chi connectivity index (χ2v) is 0.910. The number of thiocarbonyl (C=S) groups is 1. The van der Waals surface area contributed by atoms with Crippen LogP contribution in [-0.2, 0) is 0 Å². The van der Waals surface area contributed by atoms with Gasteiger partial charge in [-0.1, -0.05) is 12.2 Å². The molecule has 2 nitrogen and oxygen atoms in total. The first-order valence-electron chi connectivity index (χ1n) is 1.55. The van der Waals surface area contributed by atoms with Crippen molar-refractivity contribution in [1.29, 1.82) is 0 Å². The van der Waals surface area contributed by atoms with E-state index in [0.717, 1.165) is 0 Å². The van der Waals surface area contributed by atoms with Crippen molar-refractivity contribution in [3.8, 4) is 0 Å². The third-order valence-electron chi connectivity index (χ3n) is 0.264. The highest BCUT2D eigenvalue weighted by Crippen LogP contribution is 1.45. The highest BCUT2D eigenvalue weighted by atomic mass is 32.1. The molecule has 0 aromatic rings. The predicted octanol–water partition coefficient (Wildman–Crippen LogP) is 0.191. The molecule has 0 aliphatic rings. The Bertz CT molecular complexity index is 59.8. The van der Waals surface area contributed by atoms with Crippen molar-refractivity contribution >= 4 is 23.8 Å². The molecular weight excluding hydrogens is 96.1 g/mol. The van der Waals surface area contributed by atoms with Crippen LogP contribution in [0.25, 0.3) is 0 Å². The van der Waals surface area contributed by atoms with Gasteiger partial charge in [0.2, 0.25) is 0 Å². The minimum atomic E-state index is 1.44. The number of nitrogens with one attached hydrogen (secondary N) is 1. The molecule has 0 aliphatic heterocycles. The minimum Gasteiger partial charge on any atom is -0.313 e. The zero-order chi connectivity index (χ0) is 4.83. The fraction of sp³-hybridized carbons (Fsp3) is 0.333. The SMILES string of the molecule is CNN=CC=S. The van der Waals surface area contributed by atoms with Gasteiger partial charge in [0, 0.05) is 12.4 Å². The van der Waals surface area contributed by atoms with E-state index in [1.54, 1.807) is 7.05 Å². The molecule has 0 saturated heterocycles. The van der Waals surface area contributed by atoms with Crippen molar-refractivity contribution < 1.29 is 0 Å². The van der Waals surface area contributed by atoms with E-state index in [-0.39, 0.29) is 0 Å². The number of hydrazone groups is 1. The van der Waals surface area contributed by atoms with Gasteiger partial charge in [-0.05, 0) is 0 Å². The van der Waals surface area contributed by atoms with Gasteiger partial charge in [-0.15, -0.1) is 0 Å². The first-order valence-corrected chi connectivity index (χ1v) is 2.02. The van der Waals surface area contributed by atoms with Gasteiger partial charge in [-0.2, -0.15) is 5.10 Å². The number of rotatable bonds is 2. The van der Waals surface area contributed by atoms with E-state index < -0.39 is 0 Å². The van der Waals surface area contributed by atoms with Gasteiger partial charge in [0.25, 0.3) is 0 Å². The third-order valence-corrected chi connectivity index (χ3v) is 0.386. The van der Waals surface area contributed by atoms with Gasteiger partial charge in [-0.3, -0.25) is 0 Å². The van der Waals surface area contributed by atoms with Gasteiger partial charge < -0.3 is 5.43 Å². The summed E-state index contributed by atoms with van der Waals surface area (Å²) in [6.45, 7) is 0. The van der Waals surface area contributed by atoms with Crippen LogP contribution in [0, 0.1) is 0 Å². The summed E-state index contributed by atoms with van der Waals surface area (Å²) in [4.78, 5) is 0. The Morgan fingerprint density at radius 2 is 2.50 bits per heavy atom. The number of hydrogen-bond acceptors (Lipinski definition) is 3. The molecule has 6 heavy (non-hydrogen) atoms. The monoisotopic (exact) mass is 102 g/mol. The standard InChI is InChI=1S/C3H6N2S/c1-4-5-2-3-6/h2-4H,1H3. The maximum atomic E-state index is 4.40. The zero-order valence-corrected chi connectivity index (χ0v) is 4.33. The molecule has 0 amide bonds. The van der Waals surface area contributed by atoms with Crippen LogP contribution >= 0.6 is 12.2 Å². The molecule has 0 aromatic carbocycles. The molecular formula is C3H6N2S. The Kier molecular flexibility index (Phi) is 4.23. The Morgan fingerprint density at radius 1 is 1.83 bits per heavy atom. The lowest BCUT2D eigenvalue weighted by Crippen LogP contribution is -1.92. The molecule has 0 rings (SSSR count). The van der Waals surface area contributed by atoms with E-state index in [4.69, 9.17) is 0 Å². The van der Waals surface area contributed by atoms with Crippen LogP contribution in [0.3, 0.4) is 0 Å². The number of hydrogen-bond donors (Lipinski definition) is 1. The molecule has 0 saturated carbocycles. The molecule has 0 atom stereocenters. The lowest BCUT2D eigenvalue weighted by Gasteiger charge is -1.76. The van der Waals surface area contributed by atoms with Gasteiger partial charge >= 0.3 is 0 Å². The van der Waals surface area contributed by atoms with Crippen LogP contribution in [0.2, 0.25) is 0 Å². The summed E-state index contributed by atoms with van der Waals surface area (Å²) in [5.74, 6) is 0. The van der Waals surface area contributed by atoms with Gasteiger partial charge in [0.05, 0.1) is 6.21 Å². The average Bonchev–Trinajstić information content (AvgIpc) is 1.61. The molecule has 0 heterocycles. The lowest BCUT2D eigenvalue weighted by atomic mass is 10.9. The molecule has 1 N–H and O–H groups in total. The topological polar surface area (TPSA) is 24.4 Å². The van der Waals surface area contributed by atoms with E-state index in [0.29, 0.717) is 0 Å². The normalized spacial score (nSPS) is 8.83. The summed E-state index contributed by atoms with van der Waals surface area (Å²) in [5.41, 5.74) is 2.54. The van der Waals surface area contributed by atoms with Crippen LogP contribution < -0.4 is 5.43 Å². The fourth-order valence-electron chi connectivity index (χ4n) is 0.105. The van der Waals surface area contributed by atoms with Crippen LogP contribution in [0.15, 0.2) is 5.10 Å². The summed E-state index contributed by atoms with van der Waals surface area (Å²) in [6.07, 6.45) is 1.51. The van der Waals surface area contributed by atoms with E-state index >= 15 is 0 Å². The quantitative estimate of drug-likeness (QED) is 0.306. The summed E-state index contributed by atoms with van der Waals surface area (Å²) in [7, 11) is 1.72. The van der Waals surface area contributed by atoms with E-state index in [1.807, 2.05) is 0 Å². The maximum absolute atomic E-state index is 4.40. The van der Waals surface area contributed by atoms with Crippen LogP contribution in [0.5, 0.6) is 0 Å². The molecule has 0 bridgehead atoms. The summed E-state index contributed by atoms with van der Waals surface area (Å²) in [6, 6.07) is 0. The van der Waals surface area contributed by atoms with Gasteiger partial charge in [0.1, 0.15) is 0 Å². The van der Waals surface area contributed by atoms with Gasteiger partial charge in [0.15, 0.2) is 0 Å². The van der Waals surface area contributed by atoms with Crippen molar-refractivity contribution in [2.24, 2.45) is 5.10 Å². The van der Waals surface area contributed by atoms with Crippen molar-refractivity contribution in [2.45, 2.75) is 0 Å². The number of nitrogens with zero attached hydrogens (tertiary/aromatic N) is 1. The van der Waals surface area contributed by atoms with Crippen molar-refractivity contribution in [3.63, 3.8) is 0 Å². The largest absolute Gasteiger partial charge is 0.313 e. The van der Waals surface area contributed by atoms with Crippen molar-refractivity contribution in [1.82, 2.24) is 5.43 Å². The maximum Gasteiger partial charge on any atom is 0.0575 e. The zero-order valence-electron chi connectivity index (χ0n) is 3.51. The van der Waals surface area contributed by atoms with Crippen molar-refractivity contribution in [3.05, 3.63) is 0 Å². The van der Waals surface area contributed by atoms with Crippen LogP contribution in [-0.4, -0.2) is 18.6 Å². The molecule has 0 unspecified atom stereocenters. The summed E-state index contributed by atoms with van der Waals surface area (Å²) >= 11 is 4.40. The fourth-order valence-corrected chi connectivity index (χ4v) is 0.166. The summed E-state index contributed by atoms with van der Waals surface area (Å²) < 4.78 is 0. The second-order valence-electron chi connectivity index (χ2n) is 0.638. The Morgan fingerprint density at radius 3 is 2.67 bits per heavy atom. The first-order chi connectivity index (χ1) is 2.91. The average molecular weight is 102 g/mol. The van der Waals surface area contributed by atoms with Crippen molar-refractivity contribution in [2.75, 3.05) is 7.05 Å². The molecule has 0 aliphatic carbocycles. The highest BCUT2D eigenvalue weighted by Gasteiger charge is 1.51. The summed E-state index contributed by atoms with van der Waals surface area (Å²) in [5, 5.41) is 5.00. The molecule has 0 spiro atoms. The Balaban J connectivity index is 2.94. The molecule has 0 fully saturated rings. The molecule has 3 heteroatoms. The van der Waals surface area contributed by atoms with Crippen LogP contribution in [0.4, 0.5) is 0 Å². The molecule has 0 radical (unpaired) electrons. The molecule has 0 aromatic heterocycles. The van der Waals surface area contributed by atoms with E-state index in [2.05, 4.69) is 22.7 Å². The van der Waals surface area contributed by atoms with Gasteiger partial charge in [-0.25, -0.2) is 0 Å². The third kappa shape index (κ3) is 3.56. The van der Waals surface area contributed by atoms with Crippen LogP contribution in [0.1, 0.15) is 0 Å².